The molecule has 5 heteroatoms. The smallest absolute Gasteiger partial charge is 0.251 e. The first-order valence-corrected chi connectivity index (χ1v) is 9.09. The lowest BCUT2D eigenvalue weighted by Gasteiger charge is -2.16. The normalized spacial score (nSPS) is 10.9. The summed E-state index contributed by atoms with van der Waals surface area (Å²) >= 11 is 0. The van der Waals surface area contributed by atoms with E-state index in [2.05, 4.69) is 34.7 Å². The highest BCUT2D eigenvalue weighted by Gasteiger charge is 2.02. The van der Waals surface area contributed by atoms with Crippen molar-refractivity contribution in [2.75, 3.05) is 27.2 Å². The Morgan fingerprint density at radius 1 is 1.04 bits per heavy atom. The lowest BCUT2D eigenvalue weighted by Crippen LogP contribution is -2.26. The number of nitrogens with zero attached hydrogens (tertiary/aromatic N) is 1. The molecule has 0 aromatic heterocycles. The van der Waals surface area contributed by atoms with E-state index in [1.54, 1.807) is 25.3 Å². The van der Waals surface area contributed by atoms with Gasteiger partial charge in [-0.2, -0.15) is 0 Å². The number of carbonyl (C=O) groups excluding carboxylic acids is 2. The zero-order valence-electron chi connectivity index (χ0n) is 15.9. The number of nitrogens with one attached hydrogen (secondary N) is 2. The Bertz CT molecular complexity index is 755. The summed E-state index contributed by atoms with van der Waals surface area (Å²) in [6, 6.07) is 17.4. The number of amides is 2. The molecule has 0 heterocycles. The Morgan fingerprint density at radius 2 is 1.74 bits per heavy atom. The number of carbonyl (C=O) groups is 2. The van der Waals surface area contributed by atoms with Crippen LogP contribution >= 0.6 is 0 Å². The highest BCUT2D eigenvalue weighted by atomic mass is 16.2. The van der Waals surface area contributed by atoms with Gasteiger partial charge in [0.05, 0.1) is 0 Å². The van der Waals surface area contributed by atoms with Crippen molar-refractivity contribution in [3.8, 4) is 0 Å². The van der Waals surface area contributed by atoms with Crippen LogP contribution in [0.1, 0.15) is 27.9 Å². The summed E-state index contributed by atoms with van der Waals surface area (Å²) in [5, 5.41) is 5.47. The van der Waals surface area contributed by atoms with Gasteiger partial charge in [0.25, 0.3) is 5.91 Å². The minimum Gasteiger partial charge on any atom is -0.355 e. The van der Waals surface area contributed by atoms with Gasteiger partial charge in [-0.05, 0) is 49.3 Å². The van der Waals surface area contributed by atoms with Crippen molar-refractivity contribution in [3.63, 3.8) is 0 Å². The third-order valence-electron chi connectivity index (χ3n) is 4.14. The van der Waals surface area contributed by atoms with Gasteiger partial charge >= 0.3 is 0 Å². The van der Waals surface area contributed by atoms with E-state index in [9.17, 15) is 9.59 Å². The number of hydrogen-bond donors (Lipinski definition) is 2. The van der Waals surface area contributed by atoms with E-state index in [0.717, 1.165) is 25.1 Å². The average molecular weight is 365 g/mol. The van der Waals surface area contributed by atoms with Crippen LogP contribution < -0.4 is 10.6 Å². The molecule has 5 nitrogen and oxygen atoms in total. The first-order valence-electron chi connectivity index (χ1n) is 9.09. The van der Waals surface area contributed by atoms with Gasteiger partial charge in [-0.3, -0.25) is 9.59 Å². The molecule has 2 aromatic carbocycles. The van der Waals surface area contributed by atoms with Crippen LogP contribution in [-0.2, 0) is 11.3 Å². The summed E-state index contributed by atoms with van der Waals surface area (Å²) in [6.45, 7) is 2.46. The van der Waals surface area contributed by atoms with Crippen LogP contribution in [0.2, 0.25) is 0 Å². The zero-order chi connectivity index (χ0) is 19.5. The van der Waals surface area contributed by atoms with Crippen molar-refractivity contribution < 1.29 is 9.59 Å². The van der Waals surface area contributed by atoms with E-state index in [4.69, 9.17) is 0 Å². The summed E-state index contributed by atoms with van der Waals surface area (Å²) < 4.78 is 0. The molecule has 0 atom stereocenters. The lowest BCUT2D eigenvalue weighted by molar-refractivity contribution is -0.116. The predicted molar refractivity (Wildman–Crippen MR) is 109 cm³/mol. The molecule has 0 bridgehead atoms. The molecule has 0 aliphatic rings. The Morgan fingerprint density at radius 3 is 2.41 bits per heavy atom. The minimum atomic E-state index is -0.125. The summed E-state index contributed by atoms with van der Waals surface area (Å²) in [5.41, 5.74) is 2.76. The molecule has 27 heavy (non-hydrogen) atoms. The molecule has 0 aliphatic carbocycles. The number of hydrogen-bond acceptors (Lipinski definition) is 3. The van der Waals surface area contributed by atoms with E-state index < -0.39 is 0 Å². The maximum absolute atomic E-state index is 11.9. The molecule has 0 saturated carbocycles. The largest absolute Gasteiger partial charge is 0.355 e. The number of rotatable bonds is 9. The highest BCUT2D eigenvalue weighted by molar-refractivity contribution is 5.94. The molecule has 2 rings (SSSR count). The molecule has 2 amide bonds. The quantitative estimate of drug-likeness (QED) is 0.531. The van der Waals surface area contributed by atoms with Gasteiger partial charge < -0.3 is 15.5 Å². The predicted octanol–water partition coefficient (Wildman–Crippen LogP) is 2.70. The summed E-state index contributed by atoms with van der Waals surface area (Å²) in [4.78, 5) is 25.6. The average Bonchev–Trinajstić information content (AvgIpc) is 2.70. The van der Waals surface area contributed by atoms with Crippen LogP contribution in [0.15, 0.2) is 60.7 Å². The second-order valence-corrected chi connectivity index (χ2v) is 6.40. The standard InChI is InChI=1S/C22H27N3O2/c1-23-22(27)20-12-9-18(10-13-20)11-14-21(26)24-15-6-16-25(2)17-19-7-4-3-5-8-19/h3-5,7-14H,6,15-17H2,1-2H3,(H,23,27)(H,24,26)/b14-11+. The van der Waals surface area contributed by atoms with Crippen LogP contribution in [-0.4, -0.2) is 43.9 Å². The summed E-state index contributed by atoms with van der Waals surface area (Å²) in [7, 11) is 3.68. The molecular weight excluding hydrogens is 338 g/mol. The maximum Gasteiger partial charge on any atom is 0.251 e. The molecule has 0 spiro atoms. The zero-order valence-corrected chi connectivity index (χ0v) is 15.9. The molecular formula is C22H27N3O2. The fraction of sp³-hybridized carbons (Fsp3) is 0.273. The van der Waals surface area contributed by atoms with Gasteiger partial charge in [-0.25, -0.2) is 0 Å². The van der Waals surface area contributed by atoms with Gasteiger partial charge in [0, 0.05) is 31.8 Å². The number of benzene rings is 2. The minimum absolute atomic E-state index is 0.115. The molecule has 0 saturated heterocycles. The van der Waals surface area contributed by atoms with Gasteiger partial charge in [0.2, 0.25) is 5.91 Å². The maximum atomic E-state index is 11.9. The van der Waals surface area contributed by atoms with Crippen molar-refractivity contribution >= 4 is 17.9 Å². The molecule has 0 fully saturated rings. The molecule has 2 aromatic rings. The van der Waals surface area contributed by atoms with E-state index in [0.29, 0.717) is 12.1 Å². The monoisotopic (exact) mass is 365 g/mol. The Labute approximate surface area is 161 Å². The van der Waals surface area contributed by atoms with Gasteiger partial charge in [0.1, 0.15) is 0 Å². The Balaban J connectivity index is 1.67. The van der Waals surface area contributed by atoms with E-state index in [-0.39, 0.29) is 11.8 Å². The topological polar surface area (TPSA) is 61.4 Å². The lowest BCUT2D eigenvalue weighted by atomic mass is 10.1. The third kappa shape index (κ3) is 7.46. The van der Waals surface area contributed by atoms with Crippen LogP contribution in [0.5, 0.6) is 0 Å². The van der Waals surface area contributed by atoms with E-state index >= 15 is 0 Å². The Hall–Kier alpha value is -2.92. The molecule has 0 unspecified atom stereocenters. The van der Waals surface area contributed by atoms with Crippen LogP contribution in [0.25, 0.3) is 6.08 Å². The van der Waals surface area contributed by atoms with Crippen LogP contribution in [0, 0.1) is 0 Å². The summed E-state index contributed by atoms with van der Waals surface area (Å²) in [6.07, 6.45) is 4.15. The highest BCUT2D eigenvalue weighted by Crippen LogP contribution is 2.06. The third-order valence-corrected chi connectivity index (χ3v) is 4.14. The second kappa shape index (κ2) is 10.9. The molecule has 2 N–H and O–H groups in total. The SMILES string of the molecule is CNC(=O)c1ccc(/C=C/C(=O)NCCCN(C)Cc2ccccc2)cc1. The fourth-order valence-corrected chi connectivity index (χ4v) is 2.66. The van der Waals surface area contributed by atoms with Crippen molar-refractivity contribution in [2.24, 2.45) is 0 Å². The van der Waals surface area contributed by atoms with Crippen molar-refractivity contribution in [2.45, 2.75) is 13.0 Å². The van der Waals surface area contributed by atoms with Crippen LogP contribution in [0.4, 0.5) is 0 Å². The molecule has 142 valence electrons. The molecule has 0 aliphatic heterocycles. The second-order valence-electron chi connectivity index (χ2n) is 6.40. The van der Waals surface area contributed by atoms with E-state index in [1.807, 2.05) is 30.3 Å². The molecule has 0 radical (unpaired) electrons. The first-order chi connectivity index (χ1) is 13.1. The summed E-state index contributed by atoms with van der Waals surface area (Å²) in [5.74, 6) is -0.239. The van der Waals surface area contributed by atoms with Crippen molar-refractivity contribution in [1.29, 1.82) is 0 Å². The van der Waals surface area contributed by atoms with Gasteiger partial charge in [-0.15, -0.1) is 0 Å². The first kappa shape index (κ1) is 20.4. The van der Waals surface area contributed by atoms with Crippen LogP contribution in [0.3, 0.4) is 0 Å². The van der Waals surface area contributed by atoms with Gasteiger partial charge in [0.15, 0.2) is 0 Å². The van der Waals surface area contributed by atoms with Crippen molar-refractivity contribution in [3.05, 3.63) is 77.4 Å². The van der Waals surface area contributed by atoms with Gasteiger partial charge in [-0.1, -0.05) is 42.5 Å². The van der Waals surface area contributed by atoms with E-state index in [1.165, 1.54) is 11.6 Å². The van der Waals surface area contributed by atoms with Crippen molar-refractivity contribution in [1.82, 2.24) is 15.5 Å². The Kier molecular flexibility index (Phi) is 8.26. The fourth-order valence-electron chi connectivity index (χ4n) is 2.66.